The van der Waals surface area contributed by atoms with E-state index in [1.165, 1.54) is 14.1 Å². The zero-order valence-corrected chi connectivity index (χ0v) is 16.1. The highest BCUT2D eigenvalue weighted by molar-refractivity contribution is 7.90. The van der Waals surface area contributed by atoms with Crippen LogP contribution >= 0.6 is 0 Å². The maximum atomic E-state index is 12.7. The molecule has 0 aromatic heterocycles. The van der Waals surface area contributed by atoms with Gasteiger partial charge in [0.05, 0.1) is 11.7 Å². The summed E-state index contributed by atoms with van der Waals surface area (Å²) in [6, 6.07) is 18.1. The predicted molar refractivity (Wildman–Crippen MR) is 104 cm³/mol. The van der Waals surface area contributed by atoms with Crippen LogP contribution in [0.25, 0.3) is 0 Å². The highest BCUT2D eigenvalue weighted by Crippen LogP contribution is 2.20. The number of rotatable bonds is 8. The molecule has 0 aliphatic carbocycles. The summed E-state index contributed by atoms with van der Waals surface area (Å²) in [5, 5.41) is 2.93. The Labute approximate surface area is 155 Å². The Morgan fingerprint density at radius 1 is 1.00 bits per heavy atom. The molecule has 0 spiro atoms. The van der Waals surface area contributed by atoms with Gasteiger partial charge in [-0.3, -0.25) is 4.79 Å². The molecule has 7 heteroatoms. The van der Waals surface area contributed by atoms with Gasteiger partial charge in [0.25, 0.3) is 0 Å². The molecule has 0 bridgehead atoms. The van der Waals surface area contributed by atoms with Crippen LogP contribution in [-0.2, 0) is 15.0 Å². The molecule has 0 fully saturated rings. The maximum Gasteiger partial charge on any atom is 0.304 e. The number of hydrogen-bond acceptors (Lipinski definition) is 3. The fraction of sp³-hybridized carbons (Fsp3) is 0.316. The van der Waals surface area contributed by atoms with Gasteiger partial charge in [-0.1, -0.05) is 55.5 Å². The Kier molecular flexibility index (Phi) is 6.76. The summed E-state index contributed by atoms with van der Waals surface area (Å²) in [5.41, 5.74) is 1.44. The molecular formula is C19H25N3O3S. The van der Waals surface area contributed by atoms with Gasteiger partial charge in [-0.15, -0.1) is 0 Å². The van der Waals surface area contributed by atoms with Crippen LogP contribution in [0.1, 0.15) is 24.9 Å². The number of benzene rings is 2. The minimum Gasteiger partial charge on any atom is -0.348 e. The number of amides is 1. The number of carbonyl (C=O) groups excluding carboxylic acids is 1. The van der Waals surface area contributed by atoms with E-state index in [0.29, 0.717) is 12.1 Å². The molecule has 2 aromatic carbocycles. The standard InChI is InChI=1S/C19H25N3O3S/c1-4-18(16-11-7-5-8-12-16)20-19(23)15-22(26(24,25)21(2)3)17-13-9-6-10-14-17/h5-14,18H,4,15H2,1-3H3,(H,20,23)/t18-/m1/s1. The van der Waals surface area contributed by atoms with E-state index in [4.69, 9.17) is 0 Å². The number of nitrogens with zero attached hydrogens (tertiary/aromatic N) is 2. The third-order valence-electron chi connectivity index (χ3n) is 4.02. The second-order valence-corrected chi connectivity index (χ2v) is 8.14. The van der Waals surface area contributed by atoms with Gasteiger partial charge < -0.3 is 5.32 Å². The lowest BCUT2D eigenvalue weighted by atomic mass is 10.0. The highest BCUT2D eigenvalue weighted by Gasteiger charge is 2.27. The molecule has 0 saturated heterocycles. The van der Waals surface area contributed by atoms with Crippen molar-refractivity contribution < 1.29 is 13.2 Å². The van der Waals surface area contributed by atoms with Crippen molar-refractivity contribution in [2.75, 3.05) is 24.9 Å². The molecule has 0 aliphatic rings. The molecule has 0 unspecified atom stereocenters. The summed E-state index contributed by atoms with van der Waals surface area (Å²) < 4.78 is 27.5. The van der Waals surface area contributed by atoms with E-state index in [0.717, 1.165) is 14.2 Å². The quantitative estimate of drug-likeness (QED) is 0.771. The molecule has 0 heterocycles. The minimum atomic E-state index is -3.79. The Hall–Kier alpha value is -2.38. The first-order valence-corrected chi connectivity index (χ1v) is 9.85. The fourth-order valence-corrected chi connectivity index (χ4v) is 3.64. The molecule has 26 heavy (non-hydrogen) atoms. The van der Waals surface area contributed by atoms with Crippen LogP contribution in [0.5, 0.6) is 0 Å². The van der Waals surface area contributed by atoms with Crippen molar-refractivity contribution >= 4 is 21.8 Å². The molecule has 0 saturated carbocycles. The van der Waals surface area contributed by atoms with Gasteiger partial charge in [0.1, 0.15) is 6.54 Å². The number of hydrogen-bond donors (Lipinski definition) is 1. The van der Waals surface area contributed by atoms with Crippen LogP contribution in [0.2, 0.25) is 0 Å². The predicted octanol–water partition coefficient (Wildman–Crippen LogP) is 2.57. The minimum absolute atomic E-state index is 0.164. The van der Waals surface area contributed by atoms with Crippen LogP contribution in [0.15, 0.2) is 60.7 Å². The van der Waals surface area contributed by atoms with Crippen molar-refractivity contribution in [1.29, 1.82) is 0 Å². The molecule has 2 rings (SSSR count). The van der Waals surface area contributed by atoms with Gasteiger partial charge in [-0.25, -0.2) is 4.31 Å². The van der Waals surface area contributed by atoms with Crippen LogP contribution in [0.3, 0.4) is 0 Å². The van der Waals surface area contributed by atoms with Crippen LogP contribution in [0.4, 0.5) is 5.69 Å². The third kappa shape index (κ3) is 4.83. The Bertz CT molecular complexity index is 808. The Morgan fingerprint density at radius 2 is 1.54 bits per heavy atom. The largest absolute Gasteiger partial charge is 0.348 e. The average Bonchev–Trinajstić information content (AvgIpc) is 2.65. The van der Waals surface area contributed by atoms with Crippen molar-refractivity contribution in [2.24, 2.45) is 0 Å². The highest BCUT2D eigenvalue weighted by atomic mass is 32.2. The van der Waals surface area contributed by atoms with E-state index < -0.39 is 10.2 Å². The van der Waals surface area contributed by atoms with Crippen molar-refractivity contribution in [1.82, 2.24) is 9.62 Å². The molecule has 140 valence electrons. The molecule has 0 aliphatic heterocycles. The summed E-state index contributed by atoms with van der Waals surface area (Å²) in [4.78, 5) is 12.6. The number of carbonyl (C=O) groups is 1. The molecule has 1 amide bonds. The summed E-state index contributed by atoms with van der Waals surface area (Å²) in [7, 11) is -0.896. The number of nitrogens with one attached hydrogen (secondary N) is 1. The van der Waals surface area contributed by atoms with Gasteiger partial charge in [-0.2, -0.15) is 12.7 Å². The first-order chi connectivity index (χ1) is 12.4. The first-order valence-electron chi connectivity index (χ1n) is 8.45. The van der Waals surface area contributed by atoms with E-state index in [2.05, 4.69) is 5.32 Å². The van der Waals surface area contributed by atoms with Crippen molar-refractivity contribution in [3.05, 3.63) is 66.2 Å². The normalized spacial score (nSPS) is 12.6. The van der Waals surface area contributed by atoms with Crippen LogP contribution in [0, 0.1) is 0 Å². The monoisotopic (exact) mass is 375 g/mol. The average molecular weight is 375 g/mol. The van der Waals surface area contributed by atoms with Crippen LogP contribution in [-0.4, -0.2) is 39.3 Å². The molecule has 1 N–H and O–H groups in total. The van der Waals surface area contributed by atoms with Crippen molar-refractivity contribution in [3.63, 3.8) is 0 Å². The number of anilines is 1. The van der Waals surface area contributed by atoms with Gasteiger partial charge in [0.2, 0.25) is 5.91 Å². The van der Waals surface area contributed by atoms with Gasteiger partial charge in [-0.05, 0) is 24.1 Å². The fourth-order valence-electron chi connectivity index (χ4n) is 2.57. The van der Waals surface area contributed by atoms with E-state index in [-0.39, 0.29) is 18.5 Å². The lowest BCUT2D eigenvalue weighted by Gasteiger charge is -2.28. The van der Waals surface area contributed by atoms with E-state index in [1.54, 1.807) is 30.3 Å². The topological polar surface area (TPSA) is 69.7 Å². The Balaban J connectivity index is 2.21. The third-order valence-corrected chi connectivity index (χ3v) is 5.84. The first kappa shape index (κ1) is 19.9. The van der Waals surface area contributed by atoms with Gasteiger partial charge in [0.15, 0.2) is 0 Å². The molecule has 2 aromatic rings. The van der Waals surface area contributed by atoms with Crippen LogP contribution < -0.4 is 9.62 Å². The van der Waals surface area contributed by atoms with Crippen molar-refractivity contribution in [3.8, 4) is 0 Å². The Morgan fingerprint density at radius 3 is 2.04 bits per heavy atom. The van der Waals surface area contributed by atoms with E-state index in [9.17, 15) is 13.2 Å². The molecule has 1 atom stereocenters. The van der Waals surface area contributed by atoms with E-state index >= 15 is 0 Å². The summed E-state index contributed by atoms with van der Waals surface area (Å²) in [5.74, 6) is -0.352. The molecule has 6 nitrogen and oxygen atoms in total. The summed E-state index contributed by atoms with van der Waals surface area (Å²) >= 11 is 0. The number of para-hydroxylation sites is 1. The summed E-state index contributed by atoms with van der Waals surface area (Å²) in [6.07, 6.45) is 0.710. The van der Waals surface area contributed by atoms with Gasteiger partial charge >= 0.3 is 10.2 Å². The SMILES string of the molecule is CC[C@@H](NC(=O)CN(c1ccccc1)S(=O)(=O)N(C)C)c1ccccc1. The molecular weight excluding hydrogens is 350 g/mol. The second-order valence-electron chi connectivity index (χ2n) is 6.07. The van der Waals surface area contributed by atoms with Gasteiger partial charge in [0, 0.05) is 14.1 Å². The second kappa shape index (κ2) is 8.82. The lowest BCUT2D eigenvalue weighted by Crippen LogP contribution is -2.46. The zero-order chi connectivity index (χ0) is 19.2. The van der Waals surface area contributed by atoms with E-state index in [1.807, 2.05) is 37.3 Å². The smallest absolute Gasteiger partial charge is 0.304 e. The van der Waals surface area contributed by atoms with Crippen molar-refractivity contribution in [2.45, 2.75) is 19.4 Å². The molecule has 0 radical (unpaired) electrons. The lowest BCUT2D eigenvalue weighted by molar-refractivity contribution is -0.120. The summed E-state index contributed by atoms with van der Waals surface area (Å²) in [6.45, 7) is 1.69. The maximum absolute atomic E-state index is 12.7. The zero-order valence-electron chi connectivity index (χ0n) is 15.3.